The number of aryl methyl sites for hydroxylation is 1. The number of ether oxygens (including phenoxy) is 1. The Morgan fingerprint density at radius 1 is 1.62 bits per heavy atom. The fourth-order valence-corrected chi connectivity index (χ4v) is 1.33. The van der Waals surface area contributed by atoms with Crippen molar-refractivity contribution in [3.63, 3.8) is 0 Å². The van der Waals surface area contributed by atoms with E-state index in [9.17, 15) is 0 Å². The maximum atomic E-state index is 5.05. The largest absolute Gasteiger partial charge is 0.481 e. The molecule has 0 radical (unpaired) electrons. The average Bonchev–Trinajstić information content (AvgIpc) is 2.49. The number of thiocarbonyl (C=S) groups is 1. The molecule has 7 heteroatoms. The van der Waals surface area contributed by atoms with E-state index in [0.717, 1.165) is 0 Å². The van der Waals surface area contributed by atoms with Gasteiger partial charge < -0.3 is 9.15 Å². The molecule has 13 heavy (non-hydrogen) atoms. The first-order valence-electron chi connectivity index (χ1n) is 3.39. The first kappa shape index (κ1) is 10.3. The molecule has 5 nitrogen and oxygen atoms in total. The third-order valence-electron chi connectivity index (χ3n) is 1.14. The lowest BCUT2D eigenvalue weighted by molar-refractivity contribution is 0.426. The number of rotatable bonds is 1. The highest BCUT2D eigenvalue weighted by Gasteiger charge is 2.03. The van der Waals surface area contributed by atoms with Gasteiger partial charge in [0.15, 0.2) is 0 Å². The van der Waals surface area contributed by atoms with Gasteiger partial charge in [0, 0.05) is 13.2 Å². The van der Waals surface area contributed by atoms with Crippen molar-refractivity contribution in [2.24, 2.45) is 4.36 Å². The van der Waals surface area contributed by atoms with Gasteiger partial charge in [-0.15, -0.1) is 5.10 Å². The van der Waals surface area contributed by atoms with Crippen LogP contribution in [0.1, 0.15) is 5.89 Å². The summed E-state index contributed by atoms with van der Waals surface area (Å²) in [7, 11) is 1.000. The second-order valence-electron chi connectivity index (χ2n) is 2.13. The van der Waals surface area contributed by atoms with Crippen molar-refractivity contribution in [1.29, 1.82) is 0 Å². The maximum absolute atomic E-state index is 5.05. The van der Waals surface area contributed by atoms with Crippen LogP contribution in [0.15, 0.2) is 8.78 Å². The Labute approximate surface area is 83.6 Å². The zero-order valence-electron chi connectivity index (χ0n) is 7.47. The zero-order valence-corrected chi connectivity index (χ0v) is 9.11. The lowest BCUT2D eigenvalue weighted by atomic mass is 10.8. The van der Waals surface area contributed by atoms with E-state index < -0.39 is 10.7 Å². The summed E-state index contributed by atoms with van der Waals surface area (Å²) >= 11 is 4.89. The number of hydrogen-bond donors (Lipinski definition) is 0. The van der Waals surface area contributed by atoms with Gasteiger partial charge in [0.25, 0.3) is 0 Å². The topological polar surface area (TPSA) is 60.5 Å². The van der Waals surface area contributed by atoms with E-state index in [0.29, 0.717) is 10.3 Å². The van der Waals surface area contributed by atoms with E-state index in [1.54, 1.807) is 6.92 Å². The van der Waals surface area contributed by atoms with E-state index in [4.69, 9.17) is 21.4 Å². The molecule has 0 aliphatic carbocycles. The van der Waals surface area contributed by atoms with Crippen molar-refractivity contribution in [1.82, 2.24) is 10.2 Å². The van der Waals surface area contributed by atoms with Gasteiger partial charge in [0.1, 0.15) is 0 Å². The first-order chi connectivity index (χ1) is 6.13. The Morgan fingerprint density at radius 3 is 2.77 bits per heavy atom. The van der Waals surface area contributed by atoms with Crippen LogP contribution >= 0.6 is 12.2 Å². The van der Waals surface area contributed by atoms with Crippen LogP contribution in [0.2, 0.25) is 0 Å². The smallest absolute Gasteiger partial charge is 0.349 e. The average molecular weight is 219 g/mol. The minimum Gasteiger partial charge on any atom is -0.481 e. The van der Waals surface area contributed by atoms with Crippen molar-refractivity contribution in [2.75, 3.05) is 13.4 Å². The van der Waals surface area contributed by atoms with Gasteiger partial charge in [-0.3, -0.25) is 0 Å². The Hall–Kier alpha value is -0.820. The first-order valence-corrected chi connectivity index (χ1v) is 5.39. The van der Waals surface area contributed by atoms with Crippen molar-refractivity contribution < 1.29 is 9.15 Å². The lowest BCUT2D eigenvalue weighted by Crippen LogP contribution is -2.03. The summed E-state index contributed by atoms with van der Waals surface area (Å²) in [5, 5.41) is 7.35. The summed E-state index contributed by atoms with van der Waals surface area (Å²) in [5.41, 5.74) is 0. The van der Waals surface area contributed by atoms with Gasteiger partial charge in [-0.25, -0.2) is 0 Å². The van der Waals surface area contributed by atoms with Gasteiger partial charge in [-0.2, -0.15) is 4.36 Å². The Balaban J connectivity index is 2.82. The summed E-state index contributed by atoms with van der Waals surface area (Å²) in [6, 6.07) is 0.239. The van der Waals surface area contributed by atoms with Crippen LogP contribution < -0.4 is 0 Å². The summed E-state index contributed by atoms with van der Waals surface area (Å²) in [4.78, 5) is 0. The van der Waals surface area contributed by atoms with Crippen LogP contribution in [0.3, 0.4) is 0 Å². The predicted octanol–water partition coefficient (Wildman–Crippen LogP) is 1.37. The molecule has 0 amide bonds. The molecule has 0 aliphatic rings. The SMILES string of the molecule is COC(=S)S(C)=Nc1nnc(C)o1. The molecule has 1 heterocycles. The normalized spacial score (nSPS) is 12.8. The van der Waals surface area contributed by atoms with Crippen LogP contribution in [0.4, 0.5) is 6.01 Å². The number of hydrogen-bond acceptors (Lipinski definition) is 6. The highest BCUT2D eigenvalue weighted by atomic mass is 32.2. The molecule has 1 unspecified atom stereocenters. The van der Waals surface area contributed by atoms with Gasteiger partial charge in [-0.05, 0) is 22.9 Å². The summed E-state index contributed by atoms with van der Waals surface area (Å²) in [6.07, 6.45) is 1.82. The lowest BCUT2D eigenvalue weighted by Gasteiger charge is -1.98. The van der Waals surface area contributed by atoms with Gasteiger partial charge in [0.05, 0.1) is 7.11 Å². The van der Waals surface area contributed by atoms with E-state index in [2.05, 4.69) is 14.6 Å². The summed E-state index contributed by atoms with van der Waals surface area (Å²) in [5.74, 6) is 0.485. The molecule has 0 aromatic carbocycles. The second-order valence-corrected chi connectivity index (χ2v) is 4.27. The monoisotopic (exact) mass is 219 g/mol. The third-order valence-corrected chi connectivity index (χ3v) is 3.11. The predicted molar refractivity (Wildman–Crippen MR) is 54.0 cm³/mol. The van der Waals surface area contributed by atoms with Crippen LogP contribution in [0.25, 0.3) is 0 Å². The highest BCUT2D eigenvalue weighted by Crippen LogP contribution is 2.10. The third kappa shape index (κ3) is 2.85. The quantitative estimate of drug-likeness (QED) is 0.668. The molecule has 0 saturated carbocycles. The van der Waals surface area contributed by atoms with Crippen LogP contribution in [0, 0.1) is 6.92 Å². The van der Waals surface area contributed by atoms with Gasteiger partial charge in [0.2, 0.25) is 10.3 Å². The molecule has 1 rings (SSSR count). The van der Waals surface area contributed by atoms with E-state index in [-0.39, 0.29) is 6.01 Å². The Morgan fingerprint density at radius 2 is 2.31 bits per heavy atom. The van der Waals surface area contributed by atoms with Crippen LogP contribution in [0.5, 0.6) is 0 Å². The van der Waals surface area contributed by atoms with Crippen molar-refractivity contribution in [3.05, 3.63) is 5.89 Å². The second kappa shape index (κ2) is 4.43. The molecule has 72 valence electrons. The molecule has 0 spiro atoms. The zero-order chi connectivity index (χ0) is 9.84. The molecule has 0 saturated heterocycles. The molecule has 0 N–H and O–H groups in total. The van der Waals surface area contributed by atoms with Crippen molar-refractivity contribution in [2.45, 2.75) is 6.92 Å². The summed E-state index contributed by atoms with van der Waals surface area (Å²) < 4.78 is 14.4. The van der Waals surface area contributed by atoms with Crippen molar-refractivity contribution in [3.8, 4) is 0 Å². The Kier molecular flexibility index (Phi) is 3.49. The van der Waals surface area contributed by atoms with E-state index >= 15 is 0 Å². The fraction of sp³-hybridized carbons (Fsp3) is 0.500. The maximum Gasteiger partial charge on any atom is 0.349 e. The fourth-order valence-electron chi connectivity index (χ4n) is 0.598. The van der Waals surface area contributed by atoms with Gasteiger partial charge >= 0.3 is 6.01 Å². The van der Waals surface area contributed by atoms with Gasteiger partial charge in [-0.1, -0.05) is 5.10 Å². The minimum absolute atomic E-state index is 0.239. The molecule has 0 fully saturated rings. The number of nitrogens with zero attached hydrogens (tertiary/aromatic N) is 3. The molecular formula is C6H9N3O2S2. The Bertz CT molecular complexity index is 347. The van der Waals surface area contributed by atoms with Crippen molar-refractivity contribution >= 4 is 33.3 Å². The molecule has 1 aromatic rings. The van der Waals surface area contributed by atoms with Crippen LogP contribution in [-0.4, -0.2) is 27.9 Å². The van der Waals surface area contributed by atoms with E-state index in [1.807, 2.05) is 6.26 Å². The van der Waals surface area contributed by atoms with Crippen LogP contribution in [-0.2, 0) is 15.4 Å². The molecular weight excluding hydrogens is 210 g/mol. The molecule has 0 bridgehead atoms. The molecule has 1 aromatic heterocycles. The molecule has 0 aliphatic heterocycles. The minimum atomic E-state index is -0.514. The van der Waals surface area contributed by atoms with E-state index in [1.165, 1.54) is 7.11 Å². The highest BCUT2D eigenvalue weighted by molar-refractivity contribution is 8.13. The standard InChI is InChI=1S/C6H9N3O2S2/c1-4-7-8-5(11-4)9-13(3)6(12)10-2/h1-3H3. The number of aromatic nitrogens is 2. The molecule has 1 atom stereocenters. The number of methoxy groups -OCH3 is 1. The summed E-state index contributed by atoms with van der Waals surface area (Å²) in [6.45, 7) is 1.70.